The number of nitro groups is 1. The molecule has 1 fully saturated rings. The maximum atomic E-state index is 10.8. The molecule has 8 heteroatoms. The average molecular weight is 496 g/mol. The molecule has 0 saturated carbocycles. The summed E-state index contributed by atoms with van der Waals surface area (Å²) in [4.78, 5) is 15.0. The Hall–Kier alpha value is -2.20. The number of nitro benzene ring substituents is 1. The number of rotatable bonds is 7. The molecule has 28 heavy (non-hydrogen) atoms. The summed E-state index contributed by atoms with van der Waals surface area (Å²) >= 11 is 0. The minimum Gasteiger partial charge on any atom is -0.376 e. The van der Waals surface area contributed by atoms with Gasteiger partial charge < -0.3 is 15.4 Å². The van der Waals surface area contributed by atoms with E-state index in [2.05, 4.69) is 15.6 Å². The van der Waals surface area contributed by atoms with Gasteiger partial charge in [0.2, 0.25) is 0 Å². The first kappa shape index (κ1) is 22.1. The van der Waals surface area contributed by atoms with Gasteiger partial charge in [-0.25, -0.2) is 4.99 Å². The van der Waals surface area contributed by atoms with Crippen molar-refractivity contribution in [3.63, 3.8) is 0 Å². The zero-order valence-electron chi connectivity index (χ0n) is 15.5. The van der Waals surface area contributed by atoms with E-state index < -0.39 is 4.92 Å². The average Bonchev–Trinajstić information content (AvgIpc) is 3.22. The van der Waals surface area contributed by atoms with E-state index in [0.717, 1.165) is 30.6 Å². The first-order chi connectivity index (χ1) is 13.2. The first-order valence-corrected chi connectivity index (χ1v) is 9.12. The Morgan fingerprint density at radius 2 is 1.86 bits per heavy atom. The predicted molar refractivity (Wildman–Crippen MR) is 120 cm³/mol. The first-order valence-electron chi connectivity index (χ1n) is 9.12. The SMILES string of the molecule is I.O=[N+]([O-])c1ccc(CNC(=NCc2ccccc2)NCC2CCCO2)cc1. The zero-order chi connectivity index (χ0) is 18.9. The second-order valence-electron chi connectivity index (χ2n) is 6.44. The molecule has 1 atom stereocenters. The number of hydrogen-bond donors (Lipinski definition) is 2. The molecule has 2 aromatic carbocycles. The summed E-state index contributed by atoms with van der Waals surface area (Å²) in [6, 6.07) is 16.6. The van der Waals surface area contributed by atoms with Crippen LogP contribution in [0.1, 0.15) is 24.0 Å². The van der Waals surface area contributed by atoms with Gasteiger partial charge in [-0.05, 0) is 24.0 Å². The van der Waals surface area contributed by atoms with Crippen LogP contribution in [-0.4, -0.2) is 30.1 Å². The van der Waals surface area contributed by atoms with Crippen LogP contribution in [0, 0.1) is 10.1 Å². The highest BCUT2D eigenvalue weighted by atomic mass is 127. The Kier molecular flexibility index (Phi) is 9.15. The van der Waals surface area contributed by atoms with Crippen molar-refractivity contribution in [1.82, 2.24) is 10.6 Å². The molecule has 1 heterocycles. The Balaban J connectivity index is 0.00000280. The van der Waals surface area contributed by atoms with E-state index >= 15 is 0 Å². The highest BCUT2D eigenvalue weighted by Gasteiger charge is 2.15. The number of non-ortho nitro benzene ring substituents is 1. The van der Waals surface area contributed by atoms with Gasteiger partial charge in [0.1, 0.15) is 0 Å². The van der Waals surface area contributed by atoms with Crippen LogP contribution in [-0.2, 0) is 17.8 Å². The van der Waals surface area contributed by atoms with Crippen LogP contribution >= 0.6 is 24.0 Å². The van der Waals surface area contributed by atoms with E-state index in [1.807, 2.05) is 30.3 Å². The molecule has 0 bridgehead atoms. The number of hydrogen-bond acceptors (Lipinski definition) is 4. The lowest BCUT2D eigenvalue weighted by Crippen LogP contribution is -2.40. The van der Waals surface area contributed by atoms with Gasteiger partial charge in [0.05, 0.1) is 17.6 Å². The van der Waals surface area contributed by atoms with Crippen molar-refractivity contribution >= 4 is 35.6 Å². The van der Waals surface area contributed by atoms with Gasteiger partial charge in [-0.2, -0.15) is 0 Å². The summed E-state index contributed by atoms with van der Waals surface area (Å²) in [5.74, 6) is 0.702. The number of ether oxygens (including phenoxy) is 1. The molecule has 3 rings (SSSR count). The second-order valence-corrected chi connectivity index (χ2v) is 6.44. The van der Waals surface area contributed by atoms with Crippen molar-refractivity contribution in [3.05, 3.63) is 75.8 Å². The van der Waals surface area contributed by atoms with Gasteiger partial charge in [-0.15, -0.1) is 24.0 Å². The van der Waals surface area contributed by atoms with E-state index in [0.29, 0.717) is 25.6 Å². The summed E-state index contributed by atoms with van der Waals surface area (Å²) in [7, 11) is 0. The number of benzene rings is 2. The molecule has 1 aliphatic rings. The largest absolute Gasteiger partial charge is 0.376 e. The predicted octanol–water partition coefficient (Wildman–Crippen LogP) is 3.63. The van der Waals surface area contributed by atoms with Crippen molar-refractivity contribution in [2.24, 2.45) is 4.99 Å². The number of halogens is 1. The summed E-state index contributed by atoms with van der Waals surface area (Å²) in [6.45, 7) is 2.63. The summed E-state index contributed by atoms with van der Waals surface area (Å²) in [6.07, 6.45) is 2.37. The fraction of sp³-hybridized carbons (Fsp3) is 0.350. The molecule has 2 N–H and O–H groups in total. The summed E-state index contributed by atoms with van der Waals surface area (Å²) in [5, 5.41) is 17.4. The van der Waals surface area contributed by atoms with Gasteiger partial charge >= 0.3 is 0 Å². The molecule has 2 aromatic rings. The molecule has 0 aromatic heterocycles. The van der Waals surface area contributed by atoms with Crippen LogP contribution in [0.2, 0.25) is 0 Å². The molecule has 0 radical (unpaired) electrons. The third-order valence-corrected chi connectivity index (χ3v) is 4.39. The minimum absolute atomic E-state index is 0. The fourth-order valence-electron chi connectivity index (χ4n) is 2.87. The monoisotopic (exact) mass is 496 g/mol. The van der Waals surface area contributed by atoms with Crippen molar-refractivity contribution in [2.45, 2.75) is 32.0 Å². The zero-order valence-corrected chi connectivity index (χ0v) is 17.9. The normalized spacial score (nSPS) is 16.3. The molecule has 0 amide bonds. The van der Waals surface area contributed by atoms with E-state index in [1.165, 1.54) is 12.1 Å². The Morgan fingerprint density at radius 3 is 2.50 bits per heavy atom. The molecule has 0 aliphatic carbocycles. The van der Waals surface area contributed by atoms with Crippen molar-refractivity contribution in [2.75, 3.05) is 13.2 Å². The van der Waals surface area contributed by atoms with Crippen LogP contribution in [0.5, 0.6) is 0 Å². The molecule has 1 unspecified atom stereocenters. The van der Waals surface area contributed by atoms with Crippen molar-refractivity contribution in [3.8, 4) is 0 Å². The van der Waals surface area contributed by atoms with Crippen LogP contribution in [0.15, 0.2) is 59.6 Å². The van der Waals surface area contributed by atoms with Crippen molar-refractivity contribution in [1.29, 1.82) is 0 Å². The lowest BCUT2D eigenvalue weighted by atomic mass is 10.2. The highest BCUT2D eigenvalue weighted by molar-refractivity contribution is 14.0. The number of guanidine groups is 1. The van der Waals surface area contributed by atoms with E-state index in [4.69, 9.17) is 4.74 Å². The molecule has 0 spiro atoms. The summed E-state index contributed by atoms with van der Waals surface area (Å²) < 4.78 is 5.66. The topological polar surface area (TPSA) is 88.8 Å². The smallest absolute Gasteiger partial charge is 0.269 e. The highest BCUT2D eigenvalue weighted by Crippen LogP contribution is 2.12. The third kappa shape index (κ3) is 7.08. The van der Waals surface area contributed by atoms with E-state index in [1.54, 1.807) is 12.1 Å². The lowest BCUT2D eigenvalue weighted by Gasteiger charge is -2.16. The van der Waals surface area contributed by atoms with E-state index in [-0.39, 0.29) is 35.8 Å². The Bertz CT molecular complexity index is 763. The Labute approximate surface area is 181 Å². The second kappa shape index (κ2) is 11.6. The van der Waals surface area contributed by atoms with Crippen LogP contribution in [0.4, 0.5) is 5.69 Å². The third-order valence-electron chi connectivity index (χ3n) is 4.39. The maximum absolute atomic E-state index is 10.8. The quantitative estimate of drug-likeness (QED) is 0.201. The maximum Gasteiger partial charge on any atom is 0.269 e. The molecule has 1 aliphatic heterocycles. The minimum atomic E-state index is -0.396. The summed E-state index contributed by atoms with van der Waals surface area (Å²) in [5.41, 5.74) is 2.17. The molecule has 7 nitrogen and oxygen atoms in total. The number of aliphatic imine (C=N–C) groups is 1. The van der Waals surface area contributed by atoms with Gasteiger partial charge in [-0.3, -0.25) is 10.1 Å². The van der Waals surface area contributed by atoms with Crippen LogP contribution < -0.4 is 10.6 Å². The molecule has 1 saturated heterocycles. The number of nitrogens with zero attached hydrogens (tertiary/aromatic N) is 2. The van der Waals surface area contributed by atoms with Crippen LogP contribution in [0.25, 0.3) is 0 Å². The molecular formula is C20H25IN4O3. The Morgan fingerprint density at radius 1 is 1.11 bits per heavy atom. The van der Waals surface area contributed by atoms with Gasteiger partial charge in [0.25, 0.3) is 5.69 Å². The standard InChI is InChI=1S/C20H24N4O3.HI/c25-24(26)18-10-8-17(9-11-18)14-22-20(23-15-19-7-4-12-27-19)21-13-16-5-2-1-3-6-16;/h1-3,5-6,8-11,19H,4,7,12-15H2,(H2,21,22,23);1H. The van der Waals surface area contributed by atoms with Crippen molar-refractivity contribution < 1.29 is 9.66 Å². The fourth-order valence-corrected chi connectivity index (χ4v) is 2.87. The van der Waals surface area contributed by atoms with Gasteiger partial charge in [0.15, 0.2) is 5.96 Å². The van der Waals surface area contributed by atoms with Gasteiger partial charge in [-0.1, -0.05) is 42.5 Å². The van der Waals surface area contributed by atoms with E-state index in [9.17, 15) is 10.1 Å². The van der Waals surface area contributed by atoms with Crippen LogP contribution in [0.3, 0.4) is 0 Å². The molecular weight excluding hydrogens is 471 g/mol. The van der Waals surface area contributed by atoms with Gasteiger partial charge in [0, 0.05) is 31.8 Å². The molecule has 150 valence electrons. The number of nitrogens with one attached hydrogen (secondary N) is 2. The lowest BCUT2D eigenvalue weighted by molar-refractivity contribution is -0.384.